The standard InChI is InChI=1S/C10H10N2O4S/c13-8-3-11-2-1-6(8)9(14)12-5-17-4-7(12)10(15)16/h1-3,7,13H,4-5H2,(H,15,16). The lowest BCUT2D eigenvalue weighted by atomic mass is 10.2. The van der Waals surface area contributed by atoms with Gasteiger partial charge in [-0.25, -0.2) is 4.79 Å². The highest BCUT2D eigenvalue weighted by atomic mass is 32.2. The van der Waals surface area contributed by atoms with Gasteiger partial charge < -0.3 is 15.1 Å². The first-order valence-electron chi connectivity index (χ1n) is 4.85. The van der Waals surface area contributed by atoms with Gasteiger partial charge in [-0.1, -0.05) is 0 Å². The zero-order chi connectivity index (χ0) is 12.4. The number of nitrogens with zero attached hydrogens (tertiary/aromatic N) is 2. The van der Waals surface area contributed by atoms with Crippen LogP contribution in [0.5, 0.6) is 5.75 Å². The van der Waals surface area contributed by atoms with Gasteiger partial charge in [-0.2, -0.15) is 0 Å². The van der Waals surface area contributed by atoms with E-state index in [2.05, 4.69) is 4.98 Å². The van der Waals surface area contributed by atoms with E-state index in [0.29, 0.717) is 11.6 Å². The summed E-state index contributed by atoms with van der Waals surface area (Å²) in [6, 6.07) is 0.541. The van der Waals surface area contributed by atoms with E-state index in [0.717, 1.165) is 6.20 Å². The number of aliphatic carboxylic acids is 1. The van der Waals surface area contributed by atoms with Crippen LogP contribution in [-0.4, -0.2) is 49.6 Å². The fourth-order valence-electron chi connectivity index (χ4n) is 1.57. The number of rotatable bonds is 2. The second-order valence-electron chi connectivity index (χ2n) is 3.52. The summed E-state index contributed by atoms with van der Waals surface area (Å²) in [5.74, 6) is -1.07. The third-order valence-corrected chi connectivity index (χ3v) is 3.47. The summed E-state index contributed by atoms with van der Waals surface area (Å²) in [6.07, 6.45) is 2.54. The number of carbonyl (C=O) groups is 2. The van der Waals surface area contributed by atoms with Gasteiger partial charge in [0.15, 0.2) is 0 Å². The third-order valence-electron chi connectivity index (χ3n) is 2.46. The van der Waals surface area contributed by atoms with Gasteiger partial charge >= 0.3 is 5.97 Å². The molecule has 2 heterocycles. The number of pyridine rings is 1. The van der Waals surface area contributed by atoms with Gasteiger partial charge in [0, 0.05) is 11.9 Å². The van der Waals surface area contributed by atoms with Crippen molar-refractivity contribution in [2.24, 2.45) is 0 Å². The lowest BCUT2D eigenvalue weighted by Gasteiger charge is -2.20. The van der Waals surface area contributed by atoms with E-state index in [1.165, 1.54) is 28.9 Å². The third kappa shape index (κ3) is 2.19. The number of aromatic hydroxyl groups is 1. The molecule has 0 bridgehead atoms. The largest absolute Gasteiger partial charge is 0.505 e. The maximum atomic E-state index is 12.0. The molecule has 17 heavy (non-hydrogen) atoms. The summed E-state index contributed by atoms with van der Waals surface area (Å²) in [7, 11) is 0. The van der Waals surface area contributed by atoms with Crippen LogP contribution in [-0.2, 0) is 4.79 Å². The lowest BCUT2D eigenvalue weighted by molar-refractivity contribution is -0.140. The average Bonchev–Trinajstić information content (AvgIpc) is 2.77. The molecule has 1 aliphatic heterocycles. The number of carboxylic acid groups (broad SMARTS) is 1. The molecule has 2 N–H and O–H groups in total. The van der Waals surface area contributed by atoms with Crippen LogP contribution in [0.4, 0.5) is 0 Å². The van der Waals surface area contributed by atoms with Crippen molar-refractivity contribution in [3.63, 3.8) is 0 Å². The molecule has 1 fully saturated rings. The second-order valence-corrected chi connectivity index (χ2v) is 4.52. The molecule has 1 amide bonds. The van der Waals surface area contributed by atoms with Crippen molar-refractivity contribution >= 4 is 23.6 Å². The predicted octanol–water partition coefficient (Wildman–Crippen LogP) is 0.387. The summed E-state index contributed by atoms with van der Waals surface area (Å²) in [4.78, 5) is 27.9. The van der Waals surface area contributed by atoms with Crippen LogP contribution in [0, 0.1) is 0 Å². The van der Waals surface area contributed by atoms with Gasteiger partial charge in [0.25, 0.3) is 5.91 Å². The Hall–Kier alpha value is -1.76. The first-order chi connectivity index (χ1) is 8.11. The number of hydrogen-bond acceptors (Lipinski definition) is 5. The van der Waals surface area contributed by atoms with Gasteiger partial charge in [0.2, 0.25) is 0 Å². The van der Waals surface area contributed by atoms with Gasteiger partial charge in [-0.3, -0.25) is 9.78 Å². The summed E-state index contributed by atoms with van der Waals surface area (Å²) in [6.45, 7) is 0. The van der Waals surface area contributed by atoms with Crippen LogP contribution >= 0.6 is 11.8 Å². The Balaban J connectivity index is 2.26. The number of aromatic nitrogens is 1. The van der Waals surface area contributed by atoms with E-state index < -0.39 is 17.9 Å². The molecule has 1 aromatic heterocycles. The van der Waals surface area contributed by atoms with E-state index in [4.69, 9.17) is 5.11 Å². The Bertz CT molecular complexity index is 465. The lowest BCUT2D eigenvalue weighted by Crippen LogP contribution is -2.41. The molecule has 6 nitrogen and oxygen atoms in total. The first-order valence-corrected chi connectivity index (χ1v) is 6.01. The summed E-state index contributed by atoms with van der Waals surface area (Å²) in [5, 5.41) is 18.5. The van der Waals surface area contributed by atoms with Gasteiger partial charge in [-0.15, -0.1) is 11.8 Å². The van der Waals surface area contributed by atoms with E-state index in [9.17, 15) is 14.7 Å². The van der Waals surface area contributed by atoms with E-state index >= 15 is 0 Å². The van der Waals surface area contributed by atoms with Crippen molar-refractivity contribution in [3.8, 4) is 5.75 Å². The van der Waals surface area contributed by atoms with Crippen LogP contribution < -0.4 is 0 Å². The summed E-state index contributed by atoms with van der Waals surface area (Å²) in [5.41, 5.74) is 0.0775. The van der Waals surface area contributed by atoms with Crippen LogP contribution in [0.2, 0.25) is 0 Å². The Morgan fingerprint density at radius 3 is 2.94 bits per heavy atom. The molecule has 0 saturated carbocycles. The highest BCUT2D eigenvalue weighted by Crippen LogP contribution is 2.25. The van der Waals surface area contributed by atoms with Crippen molar-refractivity contribution in [2.75, 3.05) is 11.6 Å². The van der Waals surface area contributed by atoms with Crippen molar-refractivity contribution in [1.82, 2.24) is 9.88 Å². The topological polar surface area (TPSA) is 90.7 Å². The fourth-order valence-corrected chi connectivity index (χ4v) is 2.71. The number of thioether (sulfide) groups is 1. The smallest absolute Gasteiger partial charge is 0.327 e. The zero-order valence-electron chi connectivity index (χ0n) is 8.74. The monoisotopic (exact) mass is 254 g/mol. The minimum Gasteiger partial charge on any atom is -0.505 e. The molecule has 0 radical (unpaired) electrons. The van der Waals surface area contributed by atoms with Crippen molar-refractivity contribution in [3.05, 3.63) is 24.0 Å². The Morgan fingerprint density at radius 1 is 1.53 bits per heavy atom. The Kier molecular flexibility index (Phi) is 3.19. The average molecular weight is 254 g/mol. The molecule has 2 rings (SSSR count). The van der Waals surface area contributed by atoms with Gasteiger partial charge in [-0.05, 0) is 6.07 Å². The maximum absolute atomic E-state index is 12.0. The minimum atomic E-state index is -1.03. The van der Waals surface area contributed by atoms with E-state index in [-0.39, 0.29) is 11.3 Å². The zero-order valence-corrected chi connectivity index (χ0v) is 9.55. The fraction of sp³-hybridized carbons (Fsp3) is 0.300. The van der Waals surface area contributed by atoms with E-state index in [1.54, 1.807) is 0 Å². The molecule has 1 atom stereocenters. The Morgan fingerprint density at radius 2 is 2.29 bits per heavy atom. The molecule has 90 valence electrons. The van der Waals surface area contributed by atoms with Crippen LogP contribution in [0.15, 0.2) is 18.5 Å². The van der Waals surface area contributed by atoms with Crippen LogP contribution in [0.1, 0.15) is 10.4 Å². The molecule has 1 aliphatic rings. The SMILES string of the molecule is O=C(O)C1CSCN1C(=O)c1ccncc1O. The van der Waals surface area contributed by atoms with Gasteiger partial charge in [0.1, 0.15) is 11.8 Å². The Labute approximate surface area is 101 Å². The van der Waals surface area contributed by atoms with Crippen LogP contribution in [0.3, 0.4) is 0 Å². The number of carboxylic acids is 1. The molecule has 1 unspecified atom stereocenters. The summed E-state index contributed by atoms with van der Waals surface area (Å²) < 4.78 is 0. The van der Waals surface area contributed by atoms with Crippen molar-refractivity contribution in [2.45, 2.75) is 6.04 Å². The molecule has 0 aliphatic carbocycles. The molecule has 1 aromatic rings. The first kappa shape index (κ1) is 11.7. The van der Waals surface area contributed by atoms with Crippen molar-refractivity contribution in [1.29, 1.82) is 0 Å². The molecule has 0 aromatic carbocycles. The van der Waals surface area contributed by atoms with Crippen LogP contribution in [0.25, 0.3) is 0 Å². The molecular weight excluding hydrogens is 244 g/mol. The molecule has 7 heteroatoms. The summed E-state index contributed by atoms with van der Waals surface area (Å²) >= 11 is 1.37. The number of carbonyl (C=O) groups excluding carboxylic acids is 1. The highest BCUT2D eigenvalue weighted by Gasteiger charge is 2.35. The van der Waals surface area contributed by atoms with Gasteiger partial charge in [0.05, 0.1) is 17.6 Å². The van der Waals surface area contributed by atoms with Crippen molar-refractivity contribution < 1.29 is 19.8 Å². The minimum absolute atomic E-state index is 0.0775. The normalized spacial score (nSPS) is 19.3. The number of hydrogen-bond donors (Lipinski definition) is 2. The van der Waals surface area contributed by atoms with E-state index in [1.807, 2.05) is 0 Å². The predicted molar refractivity (Wildman–Crippen MR) is 60.8 cm³/mol. The quantitative estimate of drug-likeness (QED) is 0.793. The maximum Gasteiger partial charge on any atom is 0.327 e. The number of amides is 1. The highest BCUT2D eigenvalue weighted by molar-refractivity contribution is 7.99. The molecule has 0 spiro atoms. The molecular formula is C10H10N2O4S. The molecule has 1 saturated heterocycles. The second kappa shape index (κ2) is 4.62.